The van der Waals surface area contributed by atoms with Gasteiger partial charge in [-0.25, -0.2) is 4.98 Å². The Morgan fingerprint density at radius 3 is 2.86 bits per heavy atom. The first-order chi connectivity index (χ1) is 10.2. The quantitative estimate of drug-likeness (QED) is 0.891. The highest BCUT2D eigenvalue weighted by molar-refractivity contribution is 5.84. The van der Waals surface area contributed by atoms with Crippen molar-refractivity contribution in [3.8, 4) is 0 Å². The van der Waals surface area contributed by atoms with E-state index in [1.165, 1.54) is 0 Å². The number of hydrogen-bond acceptors (Lipinski definition) is 5. The van der Waals surface area contributed by atoms with E-state index >= 15 is 0 Å². The molecule has 2 heterocycles. The van der Waals surface area contributed by atoms with Crippen LogP contribution in [-0.4, -0.2) is 47.1 Å². The molecule has 5 nitrogen and oxygen atoms in total. The summed E-state index contributed by atoms with van der Waals surface area (Å²) < 4.78 is 5.66. The van der Waals surface area contributed by atoms with E-state index in [2.05, 4.69) is 9.88 Å². The smallest absolute Gasteiger partial charge is 0.129 e. The number of fused-ring (bicyclic) bond motifs is 1. The lowest BCUT2D eigenvalue weighted by atomic mass is 10.1. The molecule has 0 radical (unpaired) electrons. The van der Waals surface area contributed by atoms with Crippen LogP contribution in [0, 0.1) is 0 Å². The minimum absolute atomic E-state index is 0.00127. The van der Waals surface area contributed by atoms with Crippen LogP contribution in [0.4, 0.5) is 5.82 Å². The maximum atomic E-state index is 9.60. The summed E-state index contributed by atoms with van der Waals surface area (Å²) in [6, 6.07) is 9.73. The van der Waals surface area contributed by atoms with Crippen molar-refractivity contribution < 1.29 is 14.9 Å². The molecule has 1 saturated heterocycles. The van der Waals surface area contributed by atoms with Crippen LogP contribution in [-0.2, 0) is 11.3 Å². The molecule has 0 bridgehead atoms. The molecule has 2 atom stereocenters. The number of benzene rings is 1. The van der Waals surface area contributed by atoms with Gasteiger partial charge in [0, 0.05) is 18.5 Å². The third-order valence-electron chi connectivity index (χ3n) is 3.81. The van der Waals surface area contributed by atoms with Gasteiger partial charge in [-0.1, -0.05) is 18.2 Å². The molecule has 0 spiro atoms. The second kappa shape index (κ2) is 5.97. The maximum Gasteiger partial charge on any atom is 0.129 e. The van der Waals surface area contributed by atoms with Gasteiger partial charge >= 0.3 is 0 Å². The zero-order valence-electron chi connectivity index (χ0n) is 12.1. The Bertz CT molecular complexity index is 632. The molecule has 0 saturated carbocycles. The van der Waals surface area contributed by atoms with Gasteiger partial charge in [0.1, 0.15) is 5.82 Å². The van der Waals surface area contributed by atoms with Crippen molar-refractivity contribution in [1.29, 1.82) is 0 Å². The van der Waals surface area contributed by atoms with Gasteiger partial charge in [0.05, 0.1) is 30.9 Å². The Hall–Kier alpha value is -1.69. The molecule has 1 aliphatic heterocycles. The standard InChI is InChI=1S/C16H20N2O3/c1-11-7-18(8-13(10-20)21-11)16-6-12(9-19)14-4-2-3-5-15(14)17-16/h2-6,11,13,19-20H,7-10H2,1H3. The van der Waals surface area contributed by atoms with Crippen LogP contribution in [0.25, 0.3) is 10.9 Å². The van der Waals surface area contributed by atoms with Crippen LogP contribution >= 0.6 is 0 Å². The van der Waals surface area contributed by atoms with E-state index in [1.807, 2.05) is 37.3 Å². The van der Waals surface area contributed by atoms with Gasteiger partial charge in [-0.2, -0.15) is 0 Å². The largest absolute Gasteiger partial charge is 0.394 e. The Labute approximate surface area is 123 Å². The van der Waals surface area contributed by atoms with Crippen LogP contribution in [0.15, 0.2) is 30.3 Å². The van der Waals surface area contributed by atoms with E-state index in [-0.39, 0.29) is 25.4 Å². The zero-order chi connectivity index (χ0) is 14.8. The molecular formula is C16H20N2O3. The number of aromatic nitrogens is 1. The maximum absolute atomic E-state index is 9.60. The number of anilines is 1. The summed E-state index contributed by atoms with van der Waals surface area (Å²) >= 11 is 0. The average Bonchev–Trinajstić information content (AvgIpc) is 2.53. The number of ether oxygens (including phenoxy) is 1. The number of hydrogen-bond donors (Lipinski definition) is 2. The number of morpholine rings is 1. The number of para-hydroxylation sites is 1. The van der Waals surface area contributed by atoms with Crippen LogP contribution < -0.4 is 4.90 Å². The van der Waals surface area contributed by atoms with Gasteiger partial charge in [-0.05, 0) is 24.6 Å². The molecule has 1 fully saturated rings. The van der Waals surface area contributed by atoms with Gasteiger partial charge in [0.15, 0.2) is 0 Å². The summed E-state index contributed by atoms with van der Waals surface area (Å²) in [5.74, 6) is 0.825. The van der Waals surface area contributed by atoms with E-state index in [9.17, 15) is 10.2 Å². The van der Waals surface area contributed by atoms with Crippen molar-refractivity contribution in [3.05, 3.63) is 35.9 Å². The van der Waals surface area contributed by atoms with Gasteiger partial charge in [-0.3, -0.25) is 0 Å². The summed E-state index contributed by atoms with van der Waals surface area (Å²) in [4.78, 5) is 6.80. The fraction of sp³-hybridized carbons (Fsp3) is 0.438. The van der Waals surface area contributed by atoms with E-state index in [0.29, 0.717) is 6.54 Å². The molecule has 2 aromatic rings. The van der Waals surface area contributed by atoms with Crippen molar-refractivity contribution in [2.45, 2.75) is 25.7 Å². The second-order valence-electron chi connectivity index (χ2n) is 5.47. The Kier molecular flexibility index (Phi) is 4.05. The van der Waals surface area contributed by atoms with Crippen molar-refractivity contribution in [2.24, 2.45) is 0 Å². The molecule has 0 amide bonds. The normalized spacial score (nSPS) is 22.7. The number of aliphatic hydroxyl groups is 2. The molecule has 112 valence electrons. The van der Waals surface area contributed by atoms with Crippen molar-refractivity contribution in [1.82, 2.24) is 4.98 Å². The number of aliphatic hydroxyl groups excluding tert-OH is 2. The highest BCUT2D eigenvalue weighted by Gasteiger charge is 2.26. The first-order valence-corrected chi connectivity index (χ1v) is 7.22. The predicted octanol–water partition coefficient (Wildman–Crippen LogP) is 1.31. The monoisotopic (exact) mass is 288 g/mol. The van der Waals surface area contributed by atoms with Gasteiger partial charge < -0.3 is 19.8 Å². The van der Waals surface area contributed by atoms with E-state index < -0.39 is 0 Å². The van der Waals surface area contributed by atoms with Gasteiger partial charge in [-0.15, -0.1) is 0 Å². The fourth-order valence-corrected chi connectivity index (χ4v) is 2.86. The minimum atomic E-state index is -0.195. The molecule has 1 aliphatic rings. The van der Waals surface area contributed by atoms with Crippen LogP contribution in [0.1, 0.15) is 12.5 Å². The average molecular weight is 288 g/mol. The fourth-order valence-electron chi connectivity index (χ4n) is 2.86. The Morgan fingerprint density at radius 2 is 2.10 bits per heavy atom. The van der Waals surface area contributed by atoms with Crippen molar-refractivity contribution >= 4 is 16.7 Å². The predicted molar refractivity (Wildman–Crippen MR) is 81.3 cm³/mol. The lowest BCUT2D eigenvalue weighted by Gasteiger charge is -2.37. The second-order valence-corrected chi connectivity index (χ2v) is 5.47. The van der Waals surface area contributed by atoms with Gasteiger partial charge in [0.2, 0.25) is 0 Å². The molecule has 21 heavy (non-hydrogen) atoms. The van der Waals surface area contributed by atoms with Crippen LogP contribution in [0.2, 0.25) is 0 Å². The lowest BCUT2D eigenvalue weighted by Crippen LogP contribution is -2.48. The van der Waals surface area contributed by atoms with E-state index in [0.717, 1.165) is 28.8 Å². The zero-order valence-corrected chi connectivity index (χ0v) is 12.1. The highest BCUT2D eigenvalue weighted by Crippen LogP contribution is 2.25. The number of pyridine rings is 1. The molecule has 5 heteroatoms. The number of nitrogens with zero attached hydrogens (tertiary/aromatic N) is 2. The molecule has 0 aliphatic carbocycles. The first-order valence-electron chi connectivity index (χ1n) is 7.22. The Morgan fingerprint density at radius 1 is 1.29 bits per heavy atom. The summed E-state index contributed by atoms with van der Waals surface area (Å²) in [7, 11) is 0. The minimum Gasteiger partial charge on any atom is -0.394 e. The molecule has 3 rings (SSSR count). The lowest BCUT2D eigenvalue weighted by molar-refractivity contribution is -0.0422. The van der Waals surface area contributed by atoms with E-state index in [1.54, 1.807) is 0 Å². The molecule has 2 unspecified atom stereocenters. The third kappa shape index (κ3) is 2.85. The molecule has 1 aromatic carbocycles. The SMILES string of the molecule is CC1CN(c2cc(CO)c3ccccc3n2)CC(CO)O1. The van der Waals surface area contributed by atoms with Crippen LogP contribution in [0.3, 0.4) is 0 Å². The first kappa shape index (κ1) is 14.3. The Balaban J connectivity index is 1.99. The van der Waals surface area contributed by atoms with Crippen molar-refractivity contribution in [3.63, 3.8) is 0 Å². The summed E-state index contributed by atoms with van der Waals surface area (Å²) in [6.45, 7) is 3.31. The highest BCUT2D eigenvalue weighted by atomic mass is 16.5. The summed E-state index contributed by atoms with van der Waals surface area (Å²) in [5, 5.41) is 19.9. The third-order valence-corrected chi connectivity index (χ3v) is 3.81. The molecule has 1 aromatic heterocycles. The molecule has 2 N–H and O–H groups in total. The van der Waals surface area contributed by atoms with E-state index in [4.69, 9.17) is 4.74 Å². The topological polar surface area (TPSA) is 65.8 Å². The summed E-state index contributed by atoms with van der Waals surface area (Å²) in [6.07, 6.45) is -0.152. The van der Waals surface area contributed by atoms with Crippen LogP contribution in [0.5, 0.6) is 0 Å². The molecular weight excluding hydrogens is 268 g/mol. The van der Waals surface area contributed by atoms with Gasteiger partial charge in [0.25, 0.3) is 0 Å². The number of rotatable bonds is 3. The van der Waals surface area contributed by atoms with Crippen molar-refractivity contribution in [2.75, 3.05) is 24.6 Å². The summed E-state index contributed by atoms with van der Waals surface area (Å²) in [5.41, 5.74) is 1.74.